The van der Waals surface area contributed by atoms with E-state index < -0.39 is 10.0 Å². The number of aryl methyl sites for hydroxylation is 1. The van der Waals surface area contributed by atoms with E-state index in [4.69, 9.17) is 4.74 Å². The summed E-state index contributed by atoms with van der Waals surface area (Å²) in [6.07, 6.45) is 2.83. The molecule has 5 heteroatoms. The Kier molecular flexibility index (Phi) is 6.75. The molecular formula is C26H33NO3S. The van der Waals surface area contributed by atoms with E-state index in [9.17, 15) is 8.42 Å². The van der Waals surface area contributed by atoms with Crippen LogP contribution in [0.1, 0.15) is 58.1 Å². The Labute approximate surface area is 187 Å². The van der Waals surface area contributed by atoms with Crippen LogP contribution < -0.4 is 4.74 Å². The molecule has 0 N–H and O–H groups in total. The first-order valence-electron chi connectivity index (χ1n) is 10.9. The van der Waals surface area contributed by atoms with E-state index in [1.54, 1.807) is 19.2 Å². The quantitative estimate of drug-likeness (QED) is 0.498. The van der Waals surface area contributed by atoms with Crippen LogP contribution in [0, 0.1) is 18.3 Å². The second kappa shape index (κ2) is 8.99. The highest BCUT2D eigenvalue weighted by Gasteiger charge is 2.44. The van der Waals surface area contributed by atoms with Crippen molar-refractivity contribution < 1.29 is 13.2 Å². The van der Waals surface area contributed by atoms with Crippen molar-refractivity contribution in [1.29, 1.82) is 0 Å². The number of hydrogen-bond donors (Lipinski definition) is 0. The van der Waals surface area contributed by atoms with Crippen molar-refractivity contribution in [2.75, 3.05) is 7.11 Å². The van der Waals surface area contributed by atoms with E-state index >= 15 is 0 Å². The van der Waals surface area contributed by atoms with Gasteiger partial charge in [-0.05, 0) is 66.2 Å². The van der Waals surface area contributed by atoms with Gasteiger partial charge in [0.15, 0.2) is 0 Å². The molecule has 2 aromatic rings. The molecule has 0 saturated carbocycles. The van der Waals surface area contributed by atoms with E-state index in [1.807, 2.05) is 31.2 Å². The minimum atomic E-state index is -3.78. The summed E-state index contributed by atoms with van der Waals surface area (Å²) in [5, 5.41) is 0. The summed E-state index contributed by atoms with van der Waals surface area (Å²) in [4.78, 5) is 0.239. The Morgan fingerprint density at radius 1 is 1.03 bits per heavy atom. The van der Waals surface area contributed by atoms with Gasteiger partial charge in [-0.15, -0.1) is 0 Å². The molecule has 1 aliphatic carbocycles. The molecule has 0 bridgehead atoms. The summed E-state index contributed by atoms with van der Waals surface area (Å²) in [5.74, 6) is 0.788. The third-order valence-corrected chi connectivity index (χ3v) is 7.75. The Hall–Kier alpha value is -2.40. The van der Waals surface area contributed by atoms with Crippen LogP contribution in [0.25, 0.3) is 5.57 Å². The van der Waals surface area contributed by atoms with Crippen LogP contribution in [0.2, 0.25) is 0 Å². The van der Waals surface area contributed by atoms with Gasteiger partial charge in [-0.1, -0.05) is 63.9 Å². The van der Waals surface area contributed by atoms with Crippen LogP contribution in [0.3, 0.4) is 0 Å². The normalized spacial score (nSPS) is 19.8. The molecule has 0 fully saturated rings. The van der Waals surface area contributed by atoms with Gasteiger partial charge in [0, 0.05) is 5.92 Å². The highest BCUT2D eigenvalue weighted by atomic mass is 32.2. The molecule has 0 amide bonds. The Balaban J connectivity index is 2.18. The molecule has 0 saturated heterocycles. The number of methoxy groups -OCH3 is 1. The van der Waals surface area contributed by atoms with E-state index in [0.717, 1.165) is 41.7 Å². The molecule has 4 nitrogen and oxygen atoms in total. The van der Waals surface area contributed by atoms with Crippen LogP contribution in [0.4, 0.5) is 0 Å². The zero-order chi connectivity index (χ0) is 22.8. The summed E-state index contributed by atoms with van der Waals surface area (Å²) in [7, 11) is -2.13. The average molecular weight is 440 g/mol. The summed E-state index contributed by atoms with van der Waals surface area (Å²) in [6, 6.07) is 14.9. The zero-order valence-corrected chi connectivity index (χ0v) is 20.2. The standard InChI is InChI=1S/C26H33NO3S/c1-7-8-9-23-24(20-12-14-21(30-6)15-13-20)26(4,5)19(3)25(23)27-31(28,29)22-16-10-18(2)11-17-22/h10-17,19H,7-9H2,1-6H3/b27-25-. The average Bonchev–Trinajstić information content (AvgIpc) is 2.92. The van der Waals surface area contributed by atoms with Gasteiger partial charge in [-0.3, -0.25) is 0 Å². The van der Waals surface area contributed by atoms with Crippen molar-refractivity contribution in [3.8, 4) is 5.75 Å². The van der Waals surface area contributed by atoms with Gasteiger partial charge in [0.1, 0.15) is 5.75 Å². The van der Waals surface area contributed by atoms with Gasteiger partial charge in [-0.2, -0.15) is 12.8 Å². The fourth-order valence-electron chi connectivity index (χ4n) is 4.27. The number of benzene rings is 2. The Bertz CT molecular complexity index is 1090. The maximum atomic E-state index is 13.2. The van der Waals surface area contributed by atoms with E-state index in [-0.39, 0.29) is 16.2 Å². The molecular weight excluding hydrogens is 406 g/mol. The molecule has 31 heavy (non-hydrogen) atoms. The van der Waals surface area contributed by atoms with Gasteiger partial charge < -0.3 is 4.74 Å². The van der Waals surface area contributed by atoms with Gasteiger partial charge >= 0.3 is 0 Å². The minimum Gasteiger partial charge on any atom is -0.497 e. The maximum absolute atomic E-state index is 13.2. The third-order valence-electron chi connectivity index (χ3n) is 6.44. The minimum absolute atomic E-state index is 0.0170. The molecule has 0 aromatic heterocycles. The van der Waals surface area contributed by atoms with Crippen LogP contribution >= 0.6 is 0 Å². The predicted octanol–water partition coefficient (Wildman–Crippen LogP) is 6.45. The zero-order valence-electron chi connectivity index (χ0n) is 19.4. The molecule has 0 aliphatic heterocycles. The number of rotatable bonds is 7. The fourth-order valence-corrected chi connectivity index (χ4v) is 5.39. The highest BCUT2D eigenvalue weighted by molar-refractivity contribution is 7.90. The predicted molar refractivity (Wildman–Crippen MR) is 128 cm³/mol. The topological polar surface area (TPSA) is 55.7 Å². The van der Waals surface area contributed by atoms with Crippen molar-refractivity contribution in [3.05, 3.63) is 65.2 Å². The summed E-state index contributed by atoms with van der Waals surface area (Å²) >= 11 is 0. The first-order chi connectivity index (χ1) is 14.6. The van der Waals surface area contributed by atoms with Crippen molar-refractivity contribution in [2.45, 2.75) is 58.8 Å². The summed E-state index contributed by atoms with van der Waals surface area (Å²) < 4.78 is 36.1. The number of sulfonamides is 1. The van der Waals surface area contributed by atoms with Crippen molar-refractivity contribution >= 4 is 21.3 Å². The summed E-state index contributed by atoms with van der Waals surface area (Å²) in [5.41, 5.74) is 4.84. The number of allylic oxidation sites excluding steroid dienone is 2. The van der Waals surface area contributed by atoms with Gasteiger partial charge in [0.05, 0.1) is 17.7 Å². The Morgan fingerprint density at radius 3 is 2.19 bits per heavy atom. The molecule has 1 atom stereocenters. The van der Waals surface area contributed by atoms with Crippen LogP contribution in [0.15, 0.2) is 63.4 Å². The molecule has 1 unspecified atom stereocenters. The lowest BCUT2D eigenvalue weighted by Gasteiger charge is -2.28. The number of ether oxygens (including phenoxy) is 1. The first-order valence-corrected chi connectivity index (χ1v) is 12.4. The monoisotopic (exact) mass is 439 g/mol. The van der Waals surface area contributed by atoms with Gasteiger partial charge in [-0.25, -0.2) is 0 Å². The number of hydrogen-bond acceptors (Lipinski definition) is 3. The van der Waals surface area contributed by atoms with Crippen molar-refractivity contribution in [2.24, 2.45) is 15.7 Å². The van der Waals surface area contributed by atoms with Crippen LogP contribution in [-0.4, -0.2) is 21.2 Å². The number of nitrogens with zero attached hydrogens (tertiary/aromatic N) is 1. The van der Waals surface area contributed by atoms with Gasteiger partial charge in [0.2, 0.25) is 0 Å². The molecule has 3 rings (SSSR count). The molecule has 0 spiro atoms. The second-order valence-corrected chi connectivity index (χ2v) is 10.5. The first kappa shape index (κ1) is 23.3. The smallest absolute Gasteiger partial charge is 0.282 e. The van der Waals surface area contributed by atoms with E-state index in [2.05, 4.69) is 44.2 Å². The third kappa shape index (κ3) is 4.62. The fraction of sp³-hybridized carbons (Fsp3) is 0.423. The van der Waals surface area contributed by atoms with Gasteiger partial charge in [0.25, 0.3) is 10.0 Å². The van der Waals surface area contributed by atoms with Crippen molar-refractivity contribution in [1.82, 2.24) is 0 Å². The molecule has 1 aliphatic rings. The van der Waals surface area contributed by atoms with E-state index in [1.165, 1.54) is 5.57 Å². The van der Waals surface area contributed by atoms with E-state index in [0.29, 0.717) is 5.71 Å². The molecule has 166 valence electrons. The molecule has 2 aromatic carbocycles. The lowest BCUT2D eigenvalue weighted by atomic mass is 9.75. The SMILES string of the molecule is CCCCC1=C(c2ccc(OC)cc2)C(C)(C)C(C)/C1=N/S(=O)(=O)c1ccc(C)cc1. The maximum Gasteiger partial charge on any atom is 0.282 e. The second-order valence-electron chi connectivity index (χ2n) is 8.89. The van der Waals surface area contributed by atoms with Crippen molar-refractivity contribution in [3.63, 3.8) is 0 Å². The Morgan fingerprint density at radius 2 is 1.65 bits per heavy atom. The largest absolute Gasteiger partial charge is 0.497 e. The molecule has 0 heterocycles. The molecule has 0 radical (unpaired) electrons. The lowest BCUT2D eigenvalue weighted by Crippen LogP contribution is -2.23. The number of unbranched alkanes of at least 4 members (excludes halogenated alkanes) is 1. The lowest BCUT2D eigenvalue weighted by molar-refractivity contribution is 0.413. The van der Waals surface area contributed by atoms with Crippen LogP contribution in [0.5, 0.6) is 5.75 Å². The van der Waals surface area contributed by atoms with Crippen LogP contribution in [-0.2, 0) is 10.0 Å². The summed E-state index contributed by atoms with van der Waals surface area (Å²) in [6.45, 7) is 10.5. The highest BCUT2D eigenvalue weighted by Crippen LogP contribution is 2.52.